The van der Waals surface area contributed by atoms with Crippen molar-refractivity contribution in [2.75, 3.05) is 17.3 Å². The molecule has 30 heavy (non-hydrogen) atoms. The Bertz CT molecular complexity index is 1040. The molecule has 7 nitrogen and oxygen atoms in total. The topological polar surface area (TPSA) is 99.8 Å². The number of hydrogen-bond donors (Lipinski definition) is 3. The average molecular weight is 444 g/mol. The number of benzene rings is 2. The first-order chi connectivity index (χ1) is 14.5. The minimum Gasteiger partial charge on any atom is -0.340 e. The summed E-state index contributed by atoms with van der Waals surface area (Å²) in [5.41, 5.74) is 1.71. The number of amides is 2. The summed E-state index contributed by atoms with van der Waals surface area (Å²) < 4.78 is 0. The van der Waals surface area contributed by atoms with Crippen LogP contribution < -0.4 is 10.6 Å². The Labute approximate surface area is 184 Å². The molecule has 1 heterocycles. The summed E-state index contributed by atoms with van der Waals surface area (Å²) in [7, 11) is 0. The number of nitrogens with zero attached hydrogens (tertiary/aromatic N) is 2. The standard InChI is InChI=1S/C21H22ClN5O2S/c1-13-23-19(27-26-13)14-6-5-7-15(12-14)24-21(29)18(10-11-30-2)25-20(28)16-8-3-4-9-17(16)22/h3-9,12,18H,10-11H2,1-2H3,(H,24,29)(H,25,28)(H,23,26,27). The van der Waals surface area contributed by atoms with E-state index in [0.717, 1.165) is 11.3 Å². The maximum atomic E-state index is 12.9. The van der Waals surface area contributed by atoms with Gasteiger partial charge < -0.3 is 10.6 Å². The molecule has 9 heteroatoms. The van der Waals surface area contributed by atoms with Crippen LogP contribution in [0.4, 0.5) is 5.69 Å². The van der Waals surface area contributed by atoms with E-state index in [1.165, 1.54) is 0 Å². The molecule has 3 N–H and O–H groups in total. The van der Waals surface area contributed by atoms with Gasteiger partial charge in [0, 0.05) is 11.3 Å². The molecule has 1 unspecified atom stereocenters. The molecule has 0 aliphatic rings. The van der Waals surface area contributed by atoms with Crippen molar-refractivity contribution in [1.29, 1.82) is 0 Å². The summed E-state index contributed by atoms with van der Waals surface area (Å²) in [6.45, 7) is 1.82. The summed E-state index contributed by atoms with van der Waals surface area (Å²) in [5.74, 6) is 1.30. The number of aromatic nitrogens is 3. The van der Waals surface area contributed by atoms with Gasteiger partial charge in [-0.05, 0) is 49.6 Å². The molecule has 0 spiro atoms. The predicted molar refractivity (Wildman–Crippen MR) is 121 cm³/mol. The minimum atomic E-state index is -0.698. The molecule has 0 aliphatic carbocycles. The van der Waals surface area contributed by atoms with Crippen LogP contribution >= 0.6 is 23.4 Å². The van der Waals surface area contributed by atoms with E-state index < -0.39 is 6.04 Å². The van der Waals surface area contributed by atoms with Crippen LogP contribution in [0.15, 0.2) is 48.5 Å². The third kappa shape index (κ3) is 5.61. The Morgan fingerprint density at radius 3 is 2.70 bits per heavy atom. The Hall–Kier alpha value is -2.84. The largest absolute Gasteiger partial charge is 0.340 e. The number of carbonyl (C=O) groups excluding carboxylic acids is 2. The van der Waals surface area contributed by atoms with E-state index in [9.17, 15) is 9.59 Å². The second-order valence-corrected chi connectivity index (χ2v) is 7.99. The van der Waals surface area contributed by atoms with E-state index in [0.29, 0.717) is 34.3 Å². The van der Waals surface area contributed by atoms with Gasteiger partial charge in [-0.1, -0.05) is 35.9 Å². The highest BCUT2D eigenvalue weighted by molar-refractivity contribution is 7.98. The summed E-state index contributed by atoms with van der Waals surface area (Å²) in [6.07, 6.45) is 2.44. The Kier molecular flexibility index (Phi) is 7.48. The normalized spacial score (nSPS) is 11.7. The van der Waals surface area contributed by atoms with Crippen LogP contribution in [0.3, 0.4) is 0 Å². The lowest BCUT2D eigenvalue weighted by Gasteiger charge is -2.19. The zero-order valence-electron chi connectivity index (χ0n) is 16.6. The van der Waals surface area contributed by atoms with E-state index in [4.69, 9.17) is 11.6 Å². The van der Waals surface area contributed by atoms with Crippen LogP contribution in [0.5, 0.6) is 0 Å². The third-order valence-electron chi connectivity index (χ3n) is 4.34. The summed E-state index contributed by atoms with van der Waals surface area (Å²) in [4.78, 5) is 29.9. The van der Waals surface area contributed by atoms with Crippen molar-refractivity contribution in [3.63, 3.8) is 0 Å². The monoisotopic (exact) mass is 443 g/mol. The van der Waals surface area contributed by atoms with Crippen LogP contribution in [0.25, 0.3) is 11.4 Å². The number of rotatable bonds is 8. The van der Waals surface area contributed by atoms with Crippen molar-refractivity contribution in [2.24, 2.45) is 0 Å². The fraction of sp³-hybridized carbons (Fsp3) is 0.238. The first-order valence-corrected chi connectivity index (χ1v) is 11.1. The number of halogens is 1. The highest BCUT2D eigenvalue weighted by Crippen LogP contribution is 2.20. The molecule has 0 fully saturated rings. The summed E-state index contributed by atoms with van der Waals surface area (Å²) in [6, 6.07) is 13.3. The number of hydrogen-bond acceptors (Lipinski definition) is 5. The van der Waals surface area contributed by atoms with Gasteiger partial charge in [-0.3, -0.25) is 14.7 Å². The molecule has 0 radical (unpaired) electrons. The van der Waals surface area contributed by atoms with Crippen molar-refractivity contribution < 1.29 is 9.59 Å². The second kappa shape index (κ2) is 10.3. The van der Waals surface area contributed by atoms with Gasteiger partial charge in [-0.15, -0.1) is 0 Å². The van der Waals surface area contributed by atoms with Crippen LogP contribution in [0.2, 0.25) is 5.02 Å². The zero-order valence-corrected chi connectivity index (χ0v) is 18.2. The van der Waals surface area contributed by atoms with E-state index in [-0.39, 0.29) is 11.8 Å². The molecular weight excluding hydrogens is 422 g/mol. The molecule has 0 aliphatic heterocycles. The van der Waals surface area contributed by atoms with Crippen molar-refractivity contribution >= 4 is 40.9 Å². The molecule has 0 saturated heterocycles. The lowest BCUT2D eigenvalue weighted by atomic mass is 10.1. The van der Waals surface area contributed by atoms with Crippen LogP contribution in [0, 0.1) is 6.92 Å². The molecule has 0 saturated carbocycles. The van der Waals surface area contributed by atoms with Crippen LogP contribution in [-0.4, -0.2) is 45.0 Å². The Morgan fingerprint density at radius 2 is 2.00 bits per heavy atom. The van der Waals surface area contributed by atoms with Crippen molar-refractivity contribution in [1.82, 2.24) is 20.5 Å². The lowest BCUT2D eigenvalue weighted by molar-refractivity contribution is -0.118. The van der Waals surface area contributed by atoms with Gasteiger partial charge in [0.05, 0.1) is 10.6 Å². The number of nitrogens with one attached hydrogen (secondary N) is 3. The first-order valence-electron chi connectivity index (χ1n) is 9.32. The van der Waals surface area contributed by atoms with Gasteiger partial charge in [0.25, 0.3) is 5.91 Å². The summed E-state index contributed by atoms with van der Waals surface area (Å²) in [5, 5.41) is 13.0. The molecule has 2 amide bonds. The van der Waals surface area contributed by atoms with Gasteiger partial charge in [-0.25, -0.2) is 4.98 Å². The molecule has 3 rings (SSSR count). The maximum Gasteiger partial charge on any atom is 0.253 e. The number of H-pyrrole nitrogens is 1. The van der Waals surface area contributed by atoms with Crippen molar-refractivity contribution in [3.05, 3.63) is 64.9 Å². The first kappa shape index (κ1) is 21.9. The molecule has 2 aromatic carbocycles. The molecule has 0 bridgehead atoms. The van der Waals surface area contributed by atoms with Gasteiger partial charge in [-0.2, -0.15) is 16.9 Å². The minimum absolute atomic E-state index is 0.298. The van der Waals surface area contributed by atoms with E-state index in [1.807, 2.05) is 25.3 Å². The van der Waals surface area contributed by atoms with Crippen LogP contribution in [0.1, 0.15) is 22.6 Å². The van der Waals surface area contributed by atoms with E-state index in [2.05, 4.69) is 25.8 Å². The third-order valence-corrected chi connectivity index (χ3v) is 5.31. The zero-order chi connectivity index (χ0) is 21.5. The number of aromatic amines is 1. The van der Waals surface area contributed by atoms with Crippen molar-refractivity contribution in [2.45, 2.75) is 19.4 Å². The quantitative estimate of drug-likeness (QED) is 0.490. The van der Waals surface area contributed by atoms with Gasteiger partial charge in [0.15, 0.2) is 5.82 Å². The molecular formula is C21H22ClN5O2S. The molecule has 156 valence electrons. The predicted octanol–water partition coefficient (Wildman–Crippen LogP) is 3.92. The van der Waals surface area contributed by atoms with Gasteiger partial charge in [0.2, 0.25) is 5.91 Å². The maximum absolute atomic E-state index is 12.9. The average Bonchev–Trinajstić information content (AvgIpc) is 3.17. The highest BCUT2D eigenvalue weighted by Gasteiger charge is 2.22. The summed E-state index contributed by atoms with van der Waals surface area (Å²) >= 11 is 7.72. The fourth-order valence-electron chi connectivity index (χ4n) is 2.82. The SMILES string of the molecule is CSCCC(NC(=O)c1ccccc1Cl)C(=O)Nc1cccc(-c2n[nH]c(C)n2)c1. The smallest absolute Gasteiger partial charge is 0.253 e. The number of thioether (sulfide) groups is 1. The van der Waals surface area contributed by atoms with E-state index in [1.54, 1.807) is 48.2 Å². The van der Waals surface area contributed by atoms with Gasteiger partial charge >= 0.3 is 0 Å². The second-order valence-electron chi connectivity index (χ2n) is 6.60. The molecule has 1 atom stereocenters. The number of aryl methyl sites for hydroxylation is 1. The number of anilines is 1. The van der Waals surface area contributed by atoms with Gasteiger partial charge in [0.1, 0.15) is 11.9 Å². The highest BCUT2D eigenvalue weighted by atomic mass is 35.5. The lowest BCUT2D eigenvalue weighted by Crippen LogP contribution is -2.44. The molecule has 1 aromatic heterocycles. The van der Waals surface area contributed by atoms with Crippen LogP contribution in [-0.2, 0) is 4.79 Å². The fourth-order valence-corrected chi connectivity index (χ4v) is 3.52. The van der Waals surface area contributed by atoms with E-state index >= 15 is 0 Å². The van der Waals surface area contributed by atoms with Crippen molar-refractivity contribution in [3.8, 4) is 11.4 Å². The number of carbonyl (C=O) groups is 2. The Morgan fingerprint density at radius 1 is 1.20 bits per heavy atom. The Balaban J connectivity index is 1.74. The molecule has 3 aromatic rings.